The standard InChI is InChI=1S/C13H15N5O2/c19-13(10-4-1-2-9-18(10)20)14-7-6-12-16-15-11-5-3-8-17(11)12/h1-2,4,9H,3,5-8H2,(H,14,19). The summed E-state index contributed by atoms with van der Waals surface area (Å²) in [5, 5.41) is 22.4. The van der Waals surface area contributed by atoms with Gasteiger partial charge in [0.1, 0.15) is 11.6 Å². The fraction of sp³-hybridized carbons (Fsp3) is 0.385. The third-order valence-corrected chi connectivity index (χ3v) is 3.38. The van der Waals surface area contributed by atoms with Crippen LogP contribution < -0.4 is 10.0 Å². The first-order valence-electron chi connectivity index (χ1n) is 6.63. The van der Waals surface area contributed by atoms with Gasteiger partial charge in [-0.1, -0.05) is 0 Å². The van der Waals surface area contributed by atoms with Gasteiger partial charge >= 0.3 is 5.91 Å². The Balaban J connectivity index is 1.58. The molecule has 1 aliphatic heterocycles. The van der Waals surface area contributed by atoms with Crippen LogP contribution in [0, 0.1) is 5.21 Å². The zero-order chi connectivity index (χ0) is 13.9. The molecule has 104 valence electrons. The first kappa shape index (κ1) is 12.6. The van der Waals surface area contributed by atoms with Crippen LogP contribution in [0.2, 0.25) is 0 Å². The summed E-state index contributed by atoms with van der Waals surface area (Å²) in [6.45, 7) is 1.39. The van der Waals surface area contributed by atoms with E-state index in [0.29, 0.717) is 17.7 Å². The summed E-state index contributed by atoms with van der Waals surface area (Å²) in [4.78, 5) is 11.9. The average molecular weight is 273 g/mol. The molecule has 7 nitrogen and oxygen atoms in total. The van der Waals surface area contributed by atoms with E-state index in [1.54, 1.807) is 12.1 Å². The lowest BCUT2D eigenvalue weighted by molar-refractivity contribution is -0.607. The van der Waals surface area contributed by atoms with E-state index < -0.39 is 0 Å². The van der Waals surface area contributed by atoms with Gasteiger partial charge in [0.15, 0.2) is 6.20 Å². The van der Waals surface area contributed by atoms with E-state index in [4.69, 9.17) is 0 Å². The van der Waals surface area contributed by atoms with Gasteiger partial charge in [0.2, 0.25) is 0 Å². The van der Waals surface area contributed by atoms with Crippen LogP contribution in [-0.2, 0) is 19.4 Å². The molecule has 0 radical (unpaired) electrons. The highest BCUT2D eigenvalue weighted by atomic mass is 16.5. The number of nitrogens with one attached hydrogen (secondary N) is 1. The molecule has 0 unspecified atom stereocenters. The summed E-state index contributed by atoms with van der Waals surface area (Å²) in [5.41, 5.74) is 0.0963. The van der Waals surface area contributed by atoms with Crippen molar-refractivity contribution in [3.8, 4) is 0 Å². The van der Waals surface area contributed by atoms with Gasteiger partial charge in [-0.05, 0) is 12.5 Å². The maximum atomic E-state index is 11.9. The summed E-state index contributed by atoms with van der Waals surface area (Å²) in [5.74, 6) is 1.54. The van der Waals surface area contributed by atoms with E-state index in [2.05, 4.69) is 20.1 Å². The van der Waals surface area contributed by atoms with Crippen molar-refractivity contribution in [2.75, 3.05) is 6.54 Å². The predicted molar refractivity (Wildman–Crippen MR) is 69.8 cm³/mol. The first-order valence-corrected chi connectivity index (χ1v) is 6.63. The number of carbonyl (C=O) groups is 1. The molecule has 2 aromatic heterocycles. The molecular formula is C13H15N5O2. The fourth-order valence-electron chi connectivity index (χ4n) is 2.38. The van der Waals surface area contributed by atoms with Crippen LogP contribution in [0.4, 0.5) is 0 Å². The quantitative estimate of drug-likeness (QED) is 0.619. The van der Waals surface area contributed by atoms with Gasteiger partial charge in [0, 0.05) is 38.1 Å². The minimum absolute atomic E-state index is 0.0963. The van der Waals surface area contributed by atoms with E-state index >= 15 is 0 Å². The molecule has 3 heterocycles. The molecule has 0 aromatic carbocycles. The molecule has 0 fully saturated rings. The summed E-state index contributed by atoms with van der Waals surface area (Å²) in [6.07, 6.45) is 3.99. The summed E-state index contributed by atoms with van der Waals surface area (Å²) in [7, 11) is 0. The number of fused-ring (bicyclic) bond motifs is 1. The van der Waals surface area contributed by atoms with Crippen LogP contribution in [0.1, 0.15) is 28.6 Å². The normalized spacial score (nSPS) is 13.2. The Bertz CT molecular complexity index is 637. The molecule has 1 amide bonds. The molecule has 0 saturated heterocycles. The Morgan fingerprint density at radius 1 is 1.45 bits per heavy atom. The number of aromatic nitrogens is 4. The predicted octanol–water partition coefficient (Wildman–Crippen LogP) is -0.170. The largest absolute Gasteiger partial charge is 0.618 e. The number of pyridine rings is 1. The van der Waals surface area contributed by atoms with Crippen LogP contribution >= 0.6 is 0 Å². The van der Waals surface area contributed by atoms with Gasteiger partial charge in [-0.3, -0.25) is 4.79 Å². The minimum Gasteiger partial charge on any atom is -0.618 e. The highest BCUT2D eigenvalue weighted by Crippen LogP contribution is 2.13. The highest BCUT2D eigenvalue weighted by Gasteiger charge is 2.18. The van der Waals surface area contributed by atoms with Crippen LogP contribution in [0.5, 0.6) is 0 Å². The molecule has 0 aliphatic carbocycles. The Morgan fingerprint density at radius 3 is 3.20 bits per heavy atom. The number of carbonyl (C=O) groups excluding carboxylic acids is 1. The number of aryl methyl sites for hydroxylation is 1. The molecule has 20 heavy (non-hydrogen) atoms. The molecule has 1 N–H and O–H groups in total. The zero-order valence-corrected chi connectivity index (χ0v) is 11.0. The Labute approximate surface area is 115 Å². The number of rotatable bonds is 4. The number of hydrogen-bond donors (Lipinski definition) is 1. The lowest BCUT2D eigenvalue weighted by Gasteiger charge is -2.06. The third-order valence-electron chi connectivity index (χ3n) is 3.38. The molecular weight excluding hydrogens is 258 g/mol. The molecule has 0 spiro atoms. The van der Waals surface area contributed by atoms with Gasteiger partial charge in [-0.15, -0.1) is 10.2 Å². The van der Waals surface area contributed by atoms with Crippen molar-refractivity contribution in [2.24, 2.45) is 0 Å². The second kappa shape index (κ2) is 5.28. The summed E-state index contributed by atoms with van der Waals surface area (Å²) >= 11 is 0. The fourth-order valence-corrected chi connectivity index (χ4v) is 2.38. The van der Waals surface area contributed by atoms with Gasteiger partial charge in [-0.25, -0.2) is 0 Å². The van der Waals surface area contributed by atoms with E-state index in [1.165, 1.54) is 12.3 Å². The number of hydrogen-bond acceptors (Lipinski definition) is 4. The van der Waals surface area contributed by atoms with Crippen molar-refractivity contribution in [2.45, 2.75) is 25.8 Å². The maximum absolute atomic E-state index is 11.9. The Kier molecular flexibility index (Phi) is 3.32. The van der Waals surface area contributed by atoms with Gasteiger partial charge in [-0.2, -0.15) is 4.73 Å². The Morgan fingerprint density at radius 2 is 2.35 bits per heavy atom. The second-order valence-corrected chi connectivity index (χ2v) is 4.71. The van der Waals surface area contributed by atoms with Crippen LogP contribution in [0.3, 0.4) is 0 Å². The molecule has 7 heteroatoms. The average Bonchev–Trinajstić information content (AvgIpc) is 3.03. The summed E-state index contributed by atoms with van der Waals surface area (Å²) < 4.78 is 2.66. The Hall–Kier alpha value is -2.44. The number of nitrogens with zero attached hydrogens (tertiary/aromatic N) is 4. The maximum Gasteiger partial charge on any atom is 0.317 e. The minimum atomic E-state index is -0.373. The van der Waals surface area contributed by atoms with E-state index in [9.17, 15) is 10.0 Å². The van der Waals surface area contributed by atoms with Crippen molar-refractivity contribution in [3.63, 3.8) is 0 Å². The SMILES string of the molecule is O=C(NCCc1nnc2n1CCC2)c1cccc[n+]1[O-]. The highest BCUT2D eigenvalue weighted by molar-refractivity contribution is 5.90. The van der Waals surface area contributed by atoms with Crippen molar-refractivity contribution in [1.29, 1.82) is 0 Å². The van der Waals surface area contributed by atoms with E-state index in [-0.39, 0.29) is 11.6 Å². The smallest absolute Gasteiger partial charge is 0.317 e. The van der Waals surface area contributed by atoms with Crippen molar-refractivity contribution in [3.05, 3.63) is 46.9 Å². The first-order chi connectivity index (χ1) is 9.75. The lowest BCUT2D eigenvalue weighted by atomic mass is 10.3. The van der Waals surface area contributed by atoms with Crippen molar-refractivity contribution >= 4 is 5.91 Å². The van der Waals surface area contributed by atoms with Gasteiger partial charge in [0.05, 0.1) is 0 Å². The van der Waals surface area contributed by atoms with Crippen LogP contribution in [-0.4, -0.2) is 27.2 Å². The van der Waals surface area contributed by atoms with Crippen LogP contribution in [0.25, 0.3) is 0 Å². The van der Waals surface area contributed by atoms with Crippen LogP contribution in [0.15, 0.2) is 24.4 Å². The topological polar surface area (TPSA) is 86.8 Å². The van der Waals surface area contributed by atoms with Crippen molar-refractivity contribution < 1.29 is 9.52 Å². The molecule has 2 aromatic rings. The summed E-state index contributed by atoms with van der Waals surface area (Å²) in [6, 6.07) is 4.75. The number of amides is 1. The second-order valence-electron chi connectivity index (χ2n) is 4.71. The molecule has 0 bridgehead atoms. The molecule has 3 rings (SSSR count). The molecule has 0 saturated carbocycles. The van der Waals surface area contributed by atoms with Gasteiger partial charge < -0.3 is 15.1 Å². The van der Waals surface area contributed by atoms with Gasteiger partial charge in [0.25, 0.3) is 5.69 Å². The lowest BCUT2D eigenvalue weighted by Crippen LogP contribution is -2.39. The van der Waals surface area contributed by atoms with Crippen molar-refractivity contribution in [1.82, 2.24) is 20.1 Å². The monoisotopic (exact) mass is 273 g/mol. The molecule has 1 aliphatic rings. The molecule has 0 atom stereocenters. The van der Waals surface area contributed by atoms with E-state index in [1.807, 2.05) is 0 Å². The zero-order valence-electron chi connectivity index (χ0n) is 11.0. The van der Waals surface area contributed by atoms with E-state index in [0.717, 1.165) is 31.0 Å². The third kappa shape index (κ3) is 2.34.